The molecule has 0 bridgehead atoms. The van der Waals surface area contributed by atoms with Gasteiger partial charge < -0.3 is 10.3 Å². The smallest absolute Gasteiger partial charge is 0.156 e. The Balaban J connectivity index is 3.03. The minimum absolute atomic E-state index is 0.176. The molecule has 0 radical (unpaired) electrons. The number of aliphatic imine (C=N–C) groups is 1. The number of nitrogens with zero attached hydrogens (tertiary/aromatic N) is 2. The van der Waals surface area contributed by atoms with Crippen molar-refractivity contribution in [1.29, 1.82) is 0 Å². The highest BCUT2D eigenvalue weighted by Crippen LogP contribution is 2.32. The molecule has 0 spiro atoms. The first-order chi connectivity index (χ1) is 5.34. The summed E-state index contributed by atoms with van der Waals surface area (Å²) in [6, 6.07) is 0. The molecular weight excluding hydrogens is 156 g/mol. The van der Waals surface area contributed by atoms with E-state index in [1.807, 2.05) is 20.8 Å². The second-order valence-electron chi connectivity index (χ2n) is 3.94. The van der Waals surface area contributed by atoms with Crippen LogP contribution in [0.3, 0.4) is 0 Å². The molecule has 0 aliphatic carbocycles. The Labute approximate surface area is 72.5 Å². The highest BCUT2D eigenvalue weighted by atomic mass is 16.5. The summed E-state index contributed by atoms with van der Waals surface area (Å²) >= 11 is 0. The van der Waals surface area contributed by atoms with E-state index in [4.69, 9.17) is 5.11 Å². The van der Waals surface area contributed by atoms with Crippen LogP contribution in [0.25, 0.3) is 0 Å². The highest BCUT2D eigenvalue weighted by Gasteiger charge is 2.47. The van der Waals surface area contributed by atoms with Gasteiger partial charge in [-0.15, -0.1) is 0 Å². The van der Waals surface area contributed by atoms with Gasteiger partial charge in [0.2, 0.25) is 0 Å². The normalized spacial score (nSPS) is 35.3. The average molecular weight is 172 g/mol. The van der Waals surface area contributed by atoms with Gasteiger partial charge in [-0.05, 0) is 27.7 Å². The molecule has 12 heavy (non-hydrogen) atoms. The van der Waals surface area contributed by atoms with Gasteiger partial charge in [-0.2, -0.15) is 5.06 Å². The molecule has 0 aromatic rings. The van der Waals surface area contributed by atoms with Crippen molar-refractivity contribution in [2.24, 2.45) is 4.99 Å². The lowest BCUT2D eigenvalue weighted by molar-refractivity contribution is -0.203. The van der Waals surface area contributed by atoms with Crippen LogP contribution in [-0.4, -0.2) is 38.9 Å². The fraction of sp³-hybridized carbons (Fsp3) is 0.875. The van der Waals surface area contributed by atoms with Crippen LogP contribution in [0.2, 0.25) is 0 Å². The molecule has 1 heterocycles. The molecule has 4 heteroatoms. The Morgan fingerprint density at radius 1 is 1.42 bits per heavy atom. The predicted octanol–water partition coefficient (Wildman–Crippen LogP) is 0.639. The third-order valence-corrected chi connectivity index (χ3v) is 2.58. The summed E-state index contributed by atoms with van der Waals surface area (Å²) in [5.41, 5.74) is -0.507. The fourth-order valence-corrected chi connectivity index (χ4v) is 1.40. The van der Waals surface area contributed by atoms with Gasteiger partial charge >= 0.3 is 0 Å². The Morgan fingerprint density at radius 3 is 2.08 bits per heavy atom. The number of aliphatic hydroxyl groups is 1. The Morgan fingerprint density at radius 2 is 1.92 bits per heavy atom. The number of hydrogen-bond donors (Lipinski definition) is 2. The zero-order valence-electron chi connectivity index (χ0n) is 8.00. The molecule has 0 saturated heterocycles. The average Bonchev–Trinajstić information content (AvgIpc) is 2.14. The molecule has 1 atom stereocenters. The maximum Gasteiger partial charge on any atom is 0.156 e. The molecule has 1 aliphatic rings. The Hall–Kier alpha value is -0.450. The third-order valence-electron chi connectivity index (χ3n) is 2.58. The molecule has 0 amide bonds. The molecule has 0 aromatic carbocycles. The van der Waals surface area contributed by atoms with Gasteiger partial charge in [-0.3, -0.25) is 4.99 Å². The van der Waals surface area contributed by atoms with Gasteiger partial charge in [0.25, 0.3) is 0 Å². The van der Waals surface area contributed by atoms with Crippen molar-refractivity contribution >= 4 is 5.71 Å². The summed E-state index contributed by atoms with van der Waals surface area (Å²) in [4.78, 5) is 4.22. The second kappa shape index (κ2) is 2.52. The van der Waals surface area contributed by atoms with Crippen molar-refractivity contribution in [1.82, 2.24) is 5.06 Å². The van der Waals surface area contributed by atoms with Crippen LogP contribution in [0.15, 0.2) is 4.99 Å². The van der Waals surface area contributed by atoms with Crippen LogP contribution in [0.5, 0.6) is 0 Å². The maximum atomic E-state index is 9.71. The van der Waals surface area contributed by atoms with E-state index in [2.05, 4.69) is 4.99 Å². The lowest BCUT2D eigenvalue weighted by Gasteiger charge is -2.34. The first kappa shape index (κ1) is 9.64. The molecular formula is C8H16N2O2. The Bertz CT molecular complexity index is 225. The van der Waals surface area contributed by atoms with Crippen LogP contribution >= 0.6 is 0 Å². The van der Waals surface area contributed by atoms with E-state index in [0.29, 0.717) is 0 Å². The highest BCUT2D eigenvalue weighted by molar-refractivity contribution is 5.92. The van der Waals surface area contributed by atoms with Gasteiger partial charge in [-0.1, -0.05) is 0 Å². The van der Waals surface area contributed by atoms with E-state index in [1.165, 1.54) is 0 Å². The monoisotopic (exact) mass is 172 g/mol. The van der Waals surface area contributed by atoms with E-state index in [0.717, 1.165) is 10.8 Å². The third kappa shape index (κ3) is 1.07. The van der Waals surface area contributed by atoms with E-state index in [1.54, 1.807) is 6.92 Å². The number of hydroxylamine groups is 2. The van der Waals surface area contributed by atoms with Crippen LogP contribution in [0, 0.1) is 0 Å². The molecule has 70 valence electrons. The summed E-state index contributed by atoms with van der Waals surface area (Å²) in [6.45, 7) is 7.11. The van der Waals surface area contributed by atoms with E-state index in [-0.39, 0.29) is 6.61 Å². The summed E-state index contributed by atoms with van der Waals surface area (Å²) in [5, 5.41) is 19.8. The standard InChI is InChI=1S/C8H16N2O2/c1-6-7(2,3)10(12)8(4,5-11)9-6/h11-12H,5H2,1-4H3. The van der Waals surface area contributed by atoms with Gasteiger partial charge in [0.15, 0.2) is 5.66 Å². The van der Waals surface area contributed by atoms with Crippen molar-refractivity contribution in [2.75, 3.05) is 6.61 Å². The molecule has 1 unspecified atom stereocenters. The summed E-state index contributed by atoms with van der Waals surface area (Å²) in [5.74, 6) is 0. The van der Waals surface area contributed by atoms with Crippen LogP contribution in [-0.2, 0) is 0 Å². The molecule has 0 fully saturated rings. The van der Waals surface area contributed by atoms with E-state index >= 15 is 0 Å². The Kier molecular flexibility index (Phi) is 2.02. The van der Waals surface area contributed by atoms with Gasteiger partial charge in [-0.25, -0.2) is 0 Å². The zero-order chi connectivity index (χ0) is 9.57. The first-order valence-corrected chi connectivity index (χ1v) is 4.01. The van der Waals surface area contributed by atoms with Crippen LogP contribution < -0.4 is 0 Å². The fourth-order valence-electron chi connectivity index (χ4n) is 1.40. The van der Waals surface area contributed by atoms with Crippen LogP contribution in [0.1, 0.15) is 27.7 Å². The molecule has 0 saturated carbocycles. The largest absolute Gasteiger partial charge is 0.392 e. The lowest BCUT2D eigenvalue weighted by atomic mass is 10.00. The predicted molar refractivity (Wildman–Crippen MR) is 46.3 cm³/mol. The minimum atomic E-state index is -0.867. The number of rotatable bonds is 1. The molecule has 1 rings (SSSR count). The lowest BCUT2D eigenvalue weighted by Crippen LogP contribution is -2.52. The molecule has 1 aliphatic heterocycles. The second-order valence-corrected chi connectivity index (χ2v) is 3.94. The SMILES string of the molecule is CC1=NC(C)(CO)N(O)C1(C)C. The van der Waals surface area contributed by atoms with Gasteiger partial charge in [0.05, 0.1) is 12.1 Å². The summed E-state index contributed by atoms with van der Waals surface area (Å²) in [7, 11) is 0. The summed E-state index contributed by atoms with van der Waals surface area (Å²) in [6.07, 6.45) is 0. The van der Waals surface area contributed by atoms with Crippen molar-refractivity contribution < 1.29 is 10.3 Å². The molecule has 0 aromatic heterocycles. The van der Waals surface area contributed by atoms with Crippen molar-refractivity contribution in [3.8, 4) is 0 Å². The van der Waals surface area contributed by atoms with Crippen LogP contribution in [0.4, 0.5) is 0 Å². The van der Waals surface area contributed by atoms with E-state index in [9.17, 15) is 5.21 Å². The topological polar surface area (TPSA) is 56.1 Å². The first-order valence-electron chi connectivity index (χ1n) is 4.01. The van der Waals surface area contributed by atoms with Crippen molar-refractivity contribution in [3.05, 3.63) is 0 Å². The molecule has 2 N–H and O–H groups in total. The zero-order valence-corrected chi connectivity index (χ0v) is 8.00. The quantitative estimate of drug-likeness (QED) is 0.610. The molecule has 4 nitrogen and oxygen atoms in total. The minimum Gasteiger partial charge on any atom is -0.392 e. The van der Waals surface area contributed by atoms with E-state index < -0.39 is 11.2 Å². The van der Waals surface area contributed by atoms with Crippen molar-refractivity contribution in [3.63, 3.8) is 0 Å². The maximum absolute atomic E-state index is 9.71. The summed E-state index contributed by atoms with van der Waals surface area (Å²) < 4.78 is 0. The van der Waals surface area contributed by atoms with Gasteiger partial charge in [0, 0.05) is 5.71 Å². The number of aliphatic hydroxyl groups excluding tert-OH is 1. The van der Waals surface area contributed by atoms with Crippen molar-refractivity contribution in [2.45, 2.75) is 38.9 Å². The van der Waals surface area contributed by atoms with Gasteiger partial charge in [0.1, 0.15) is 0 Å². The number of hydrogen-bond acceptors (Lipinski definition) is 4.